The van der Waals surface area contributed by atoms with Crippen LogP contribution in [0.25, 0.3) is 0 Å². The summed E-state index contributed by atoms with van der Waals surface area (Å²) in [6.45, 7) is 4.57. The van der Waals surface area contributed by atoms with Crippen LogP contribution in [-0.2, 0) is 4.74 Å². The maximum Gasteiger partial charge on any atom is 0.121 e. The molecule has 0 unspecified atom stereocenters. The highest BCUT2D eigenvalue weighted by Gasteiger charge is 2.16. The molecule has 0 aliphatic rings. The Morgan fingerprint density at radius 1 is 1.35 bits per heavy atom. The summed E-state index contributed by atoms with van der Waals surface area (Å²) in [5.41, 5.74) is 1.07. The smallest absolute Gasteiger partial charge is 0.121 e. The van der Waals surface area contributed by atoms with Crippen molar-refractivity contribution < 1.29 is 9.47 Å². The van der Waals surface area contributed by atoms with Crippen molar-refractivity contribution in [3.8, 4) is 11.8 Å². The second-order valence-electron chi connectivity index (χ2n) is 4.34. The highest BCUT2D eigenvalue weighted by molar-refractivity contribution is 5.60. The molecule has 92 valence electrons. The summed E-state index contributed by atoms with van der Waals surface area (Å²) in [5, 5.41) is 12.2. The van der Waals surface area contributed by atoms with Crippen LogP contribution >= 0.6 is 0 Å². The predicted molar refractivity (Wildman–Crippen MR) is 67.3 cm³/mol. The summed E-state index contributed by atoms with van der Waals surface area (Å²) < 4.78 is 10.4. The SMILES string of the molecule is COc1ccc(C#N)c(NCC(C)(C)OC)c1. The number of ether oxygens (including phenoxy) is 2. The predicted octanol–water partition coefficient (Wildman–Crippen LogP) is 2.40. The maximum absolute atomic E-state index is 9.01. The van der Waals surface area contributed by atoms with Gasteiger partial charge in [-0.1, -0.05) is 0 Å². The summed E-state index contributed by atoms with van der Waals surface area (Å²) >= 11 is 0. The summed E-state index contributed by atoms with van der Waals surface area (Å²) in [6.07, 6.45) is 0. The second kappa shape index (κ2) is 5.55. The van der Waals surface area contributed by atoms with Gasteiger partial charge in [-0.05, 0) is 26.0 Å². The lowest BCUT2D eigenvalue weighted by Crippen LogP contribution is -2.32. The molecule has 0 bridgehead atoms. The van der Waals surface area contributed by atoms with Crippen LogP contribution in [0.3, 0.4) is 0 Å². The first-order chi connectivity index (χ1) is 8.02. The molecule has 1 aromatic rings. The average Bonchev–Trinajstić information content (AvgIpc) is 2.36. The first-order valence-electron chi connectivity index (χ1n) is 5.39. The van der Waals surface area contributed by atoms with E-state index in [1.54, 1.807) is 26.4 Å². The number of benzene rings is 1. The molecule has 17 heavy (non-hydrogen) atoms. The minimum atomic E-state index is -0.282. The normalized spacial score (nSPS) is 10.8. The van der Waals surface area contributed by atoms with E-state index in [9.17, 15) is 0 Å². The van der Waals surface area contributed by atoms with Crippen LogP contribution in [-0.4, -0.2) is 26.4 Å². The van der Waals surface area contributed by atoms with Gasteiger partial charge in [0.05, 0.1) is 24.0 Å². The topological polar surface area (TPSA) is 54.3 Å². The Hall–Kier alpha value is -1.73. The van der Waals surface area contributed by atoms with Crippen molar-refractivity contribution in [1.82, 2.24) is 0 Å². The van der Waals surface area contributed by atoms with E-state index in [2.05, 4.69) is 11.4 Å². The van der Waals surface area contributed by atoms with Gasteiger partial charge in [0.25, 0.3) is 0 Å². The van der Waals surface area contributed by atoms with E-state index in [1.165, 1.54) is 0 Å². The Balaban J connectivity index is 2.86. The molecule has 0 amide bonds. The molecule has 0 saturated heterocycles. The summed E-state index contributed by atoms with van der Waals surface area (Å²) in [5.74, 6) is 0.724. The Morgan fingerprint density at radius 3 is 2.59 bits per heavy atom. The molecule has 0 fully saturated rings. The molecule has 4 heteroatoms. The first kappa shape index (κ1) is 13.3. The van der Waals surface area contributed by atoms with E-state index in [0.717, 1.165) is 11.4 Å². The van der Waals surface area contributed by atoms with Crippen LogP contribution in [0.1, 0.15) is 19.4 Å². The summed E-state index contributed by atoms with van der Waals surface area (Å²) in [6, 6.07) is 7.46. The Bertz CT molecular complexity index is 422. The van der Waals surface area contributed by atoms with Gasteiger partial charge in [-0.25, -0.2) is 0 Å². The van der Waals surface area contributed by atoms with Gasteiger partial charge in [0.2, 0.25) is 0 Å². The van der Waals surface area contributed by atoms with Crippen LogP contribution in [0.2, 0.25) is 0 Å². The number of hydrogen-bond acceptors (Lipinski definition) is 4. The number of nitriles is 1. The second-order valence-corrected chi connectivity index (χ2v) is 4.34. The molecule has 0 aliphatic carbocycles. The van der Waals surface area contributed by atoms with E-state index in [4.69, 9.17) is 14.7 Å². The van der Waals surface area contributed by atoms with Gasteiger partial charge < -0.3 is 14.8 Å². The highest BCUT2D eigenvalue weighted by atomic mass is 16.5. The Morgan fingerprint density at radius 2 is 2.06 bits per heavy atom. The molecule has 4 nitrogen and oxygen atoms in total. The van der Waals surface area contributed by atoms with Gasteiger partial charge in [0.1, 0.15) is 11.8 Å². The molecule has 0 radical (unpaired) electrons. The molecular weight excluding hydrogens is 216 g/mol. The quantitative estimate of drug-likeness (QED) is 0.850. The summed E-state index contributed by atoms with van der Waals surface area (Å²) in [4.78, 5) is 0. The van der Waals surface area contributed by atoms with Crippen molar-refractivity contribution in [2.45, 2.75) is 19.4 Å². The van der Waals surface area contributed by atoms with Gasteiger partial charge in [-0.2, -0.15) is 5.26 Å². The lowest BCUT2D eigenvalue weighted by atomic mass is 10.1. The van der Waals surface area contributed by atoms with Gasteiger partial charge in [-0.3, -0.25) is 0 Å². The first-order valence-corrected chi connectivity index (χ1v) is 5.39. The fourth-order valence-electron chi connectivity index (χ4n) is 1.27. The van der Waals surface area contributed by atoms with Crippen molar-refractivity contribution in [1.29, 1.82) is 5.26 Å². The van der Waals surface area contributed by atoms with Gasteiger partial charge in [0, 0.05) is 19.7 Å². The van der Waals surface area contributed by atoms with Crippen molar-refractivity contribution >= 4 is 5.69 Å². The highest BCUT2D eigenvalue weighted by Crippen LogP contribution is 2.22. The van der Waals surface area contributed by atoms with Crippen molar-refractivity contribution in [3.05, 3.63) is 23.8 Å². The zero-order chi connectivity index (χ0) is 12.9. The molecule has 0 saturated carbocycles. The van der Waals surface area contributed by atoms with Crippen molar-refractivity contribution in [2.24, 2.45) is 0 Å². The molecular formula is C13H18N2O2. The minimum absolute atomic E-state index is 0.282. The molecule has 1 N–H and O–H groups in total. The van der Waals surface area contributed by atoms with Crippen LogP contribution in [0, 0.1) is 11.3 Å². The van der Waals surface area contributed by atoms with Gasteiger partial charge >= 0.3 is 0 Å². The molecule has 1 aromatic carbocycles. The zero-order valence-corrected chi connectivity index (χ0v) is 10.7. The lowest BCUT2D eigenvalue weighted by molar-refractivity contribution is 0.0344. The van der Waals surface area contributed by atoms with Crippen LogP contribution < -0.4 is 10.1 Å². The van der Waals surface area contributed by atoms with E-state index >= 15 is 0 Å². The minimum Gasteiger partial charge on any atom is -0.497 e. The molecule has 0 spiro atoms. The third-order valence-corrected chi connectivity index (χ3v) is 2.60. The van der Waals surface area contributed by atoms with Crippen LogP contribution in [0.15, 0.2) is 18.2 Å². The molecule has 0 atom stereocenters. The number of rotatable bonds is 5. The lowest BCUT2D eigenvalue weighted by Gasteiger charge is -2.24. The third-order valence-electron chi connectivity index (χ3n) is 2.60. The van der Waals surface area contributed by atoms with Crippen LogP contribution in [0.5, 0.6) is 5.75 Å². The van der Waals surface area contributed by atoms with Crippen molar-refractivity contribution in [2.75, 3.05) is 26.1 Å². The fourth-order valence-corrected chi connectivity index (χ4v) is 1.27. The fraction of sp³-hybridized carbons (Fsp3) is 0.462. The number of anilines is 1. The Kier molecular flexibility index (Phi) is 4.36. The number of nitrogens with zero attached hydrogens (tertiary/aromatic N) is 1. The largest absolute Gasteiger partial charge is 0.497 e. The molecule has 0 aliphatic heterocycles. The third kappa shape index (κ3) is 3.65. The van der Waals surface area contributed by atoms with Gasteiger partial charge in [0.15, 0.2) is 0 Å². The van der Waals surface area contributed by atoms with Gasteiger partial charge in [-0.15, -0.1) is 0 Å². The number of methoxy groups -OCH3 is 2. The average molecular weight is 234 g/mol. The van der Waals surface area contributed by atoms with Crippen molar-refractivity contribution in [3.63, 3.8) is 0 Å². The van der Waals surface area contributed by atoms with E-state index in [0.29, 0.717) is 12.1 Å². The molecule has 0 heterocycles. The monoisotopic (exact) mass is 234 g/mol. The number of nitrogens with one attached hydrogen (secondary N) is 1. The summed E-state index contributed by atoms with van der Waals surface area (Å²) in [7, 11) is 3.27. The molecule has 1 rings (SSSR count). The standard InChI is InChI=1S/C13H18N2O2/c1-13(2,17-4)9-15-12-7-11(16-3)6-5-10(12)8-14/h5-7,15H,9H2,1-4H3. The number of hydrogen-bond donors (Lipinski definition) is 1. The van der Waals surface area contributed by atoms with E-state index in [1.807, 2.05) is 19.9 Å². The Labute approximate surface area is 102 Å². The molecule has 0 aromatic heterocycles. The maximum atomic E-state index is 9.01. The van der Waals surface area contributed by atoms with E-state index in [-0.39, 0.29) is 5.60 Å². The van der Waals surface area contributed by atoms with Crippen LogP contribution in [0.4, 0.5) is 5.69 Å². The zero-order valence-electron chi connectivity index (χ0n) is 10.7. The van der Waals surface area contributed by atoms with E-state index < -0.39 is 0 Å².